The predicted molar refractivity (Wildman–Crippen MR) is 63.2 cm³/mol. The third-order valence-electron chi connectivity index (χ3n) is 3.30. The first-order chi connectivity index (χ1) is 8.83. The molecule has 1 aromatic rings. The van der Waals surface area contributed by atoms with Crippen LogP contribution >= 0.6 is 0 Å². The average molecular weight is 252 g/mol. The van der Waals surface area contributed by atoms with Crippen molar-refractivity contribution in [2.24, 2.45) is 0 Å². The third-order valence-corrected chi connectivity index (χ3v) is 3.30. The van der Waals surface area contributed by atoms with Crippen molar-refractivity contribution < 1.29 is 23.7 Å². The number of methoxy groups -OCH3 is 2. The van der Waals surface area contributed by atoms with Crippen molar-refractivity contribution >= 4 is 0 Å². The Kier molecular flexibility index (Phi) is 3.01. The molecule has 0 aromatic heterocycles. The van der Waals surface area contributed by atoms with Gasteiger partial charge in [-0.2, -0.15) is 0 Å². The maximum absolute atomic E-state index is 5.77. The van der Waals surface area contributed by atoms with E-state index in [2.05, 4.69) is 0 Å². The number of hydrogen-bond donors (Lipinski definition) is 0. The first-order valence-corrected chi connectivity index (χ1v) is 5.95. The summed E-state index contributed by atoms with van der Waals surface area (Å²) >= 11 is 0. The summed E-state index contributed by atoms with van der Waals surface area (Å²) in [5, 5.41) is 0. The van der Waals surface area contributed by atoms with Gasteiger partial charge in [0.1, 0.15) is 17.2 Å². The normalized spacial score (nSPS) is 24.3. The maximum atomic E-state index is 5.77. The highest BCUT2D eigenvalue weighted by atomic mass is 16.7. The lowest BCUT2D eigenvalue weighted by atomic mass is 9.97. The zero-order valence-corrected chi connectivity index (χ0v) is 10.5. The van der Waals surface area contributed by atoms with Crippen LogP contribution in [0.1, 0.15) is 17.9 Å². The van der Waals surface area contributed by atoms with Crippen LogP contribution in [0.5, 0.6) is 17.2 Å². The number of rotatable bonds is 4. The van der Waals surface area contributed by atoms with E-state index in [1.807, 2.05) is 12.1 Å². The van der Waals surface area contributed by atoms with E-state index in [4.69, 9.17) is 23.7 Å². The lowest BCUT2D eigenvalue weighted by molar-refractivity contribution is -0.0338. The molecule has 5 nitrogen and oxygen atoms in total. The molecule has 98 valence electrons. The molecule has 0 aliphatic carbocycles. The van der Waals surface area contributed by atoms with Gasteiger partial charge >= 0.3 is 0 Å². The monoisotopic (exact) mass is 252 g/mol. The number of fused-ring (bicyclic) bond motifs is 3. The molecule has 1 fully saturated rings. The second-order valence-corrected chi connectivity index (χ2v) is 4.34. The van der Waals surface area contributed by atoms with Gasteiger partial charge in [0.2, 0.25) is 6.29 Å². The van der Waals surface area contributed by atoms with Crippen molar-refractivity contribution in [3.63, 3.8) is 0 Å². The smallest absolute Gasteiger partial charge is 0.207 e. The molecule has 2 heterocycles. The Balaban J connectivity index is 1.98. The summed E-state index contributed by atoms with van der Waals surface area (Å²) in [5.74, 6) is 2.50. The standard InChI is InChI=1S/C13H16O5/c1-14-7-17-10-5-8(15-2)6-11-12(10)9-3-4-16-13(9)18-11/h5-6,9,13H,3-4,7H2,1-2H3/t9-,13+/m0/s1. The van der Waals surface area contributed by atoms with Crippen LogP contribution in [-0.2, 0) is 9.47 Å². The fourth-order valence-electron chi connectivity index (χ4n) is 2.48. The molecular formula is C13H16O5. The van der Waals surface area contributed by atoms with E-state index in [0.29, 0.717) is 5.75 Å². The number of ether oxygens (including phenoxy) is 5. The van der Waals surface area contributed by atoms with E-state index in [9.17, 15) is 0 Å². The molecule has 2 aliphatic heterocycles. The van der Waals surface area contributed by atoms with Crippen LogP contribution in [0, 0.1) is 0 Å². The van der Waals surface area contributed by atoms with Gasteiger partial charge in [-0.15, -0.1) is 0 Å². The number of benzene rings is 1. The molecular weight excluding hydrogens is 236 g/mol. The van der Waals surface area contributed by atoms with Crippen LogP contribution in [-0.4, -0.2) is 33.9 Å². The zero-order chi connectivity index (χ0) is 12.5. The highest BCUT2D eigenvalue weighted by Crippen LogP contribution is 2.50. The molecule has 2 aliphatic rings. The van der Waals surface area contributed by atoms with Crippen LogP contribution in [0.3, 0.4) is 0 Å². The molecule has 2 atom stereocenters. The summed E-state index contributed by atoms with van der Waals surface area (Å²) in [6.07, 6.45) is 0.768. The molecule has 18 heavy (non-hydrogen) atoms. The SMILES string of the molecule is COCOc1cc(OC)cc2c1[C@@H]1CCO[C@@H]1O2. The van der Waals surface area contributed by atoms with Gasteiger partial charge in [-0.1, -0.05) is 0 Å². The third kappa shape index (κ3) is 1.79. The molecule has 1 saturated heterocycles. The van der Waals surface area contributed by atoms with Gasteiger partial charge in [0.25, 0.3) is 0 Å². The molecule has 3 rings (SSSR count). The molecule has 0 saturated carbocycles. The molecule has 5 heteroatoms. The molecule has 1 aromatic carbocycles. The first-order valence-electron chi connectivity index (χ1n) is 5.95. The van der Waals surface area contributed by atoms with Gasteiger partial charge in [-0.25, -0.2) is 0 Å². The van der Waals surface area contributed by atoms with E-state index < -0.39 is 0 Å². The first kappa shape index (κ1) is 11.6. The van der Waals surface area contributed by atoms with Gasteiger partial charge in [-0.3, -0.25) is 0 Å². The summed E-state index contributed by atoms with van der Waals surface area (Å²) < 4.78 is 27.1. The van der Waals surface area contributed by atoms with Gasteiger partial charge < -0.3 is 23.7 Å². The Morgan fingerprint density at radius 3 is 3.00 bits per heavy atom. The summed E-state index contributed by atoms with van der Waals surface area (Å²) in [5.41, 5.74) is 1.07. The Morgan fingerprint density at radius 2 is 2.22 bits per heavy atom. The summed E-state index contributed by atoms with van der Waals surface area (Å²) in [7, 11) is 3.21. The minimum absolute atomic E-state index is 0.183. The van der Waals surface area contributed by atoms with E-state index in [1.54, 1.807) is 14.2 Å². The molecule has 0 amide bonds. The quantitative estimate of drug-likeness (QED) is 0.766. The van der Waals surface area contributed by atoms with Gasteiger partial charge in [0.15, 0.2) is 6.79 Å². The average Bonchev–Trinajstić information content (AvgIpc) is 2.95. The topological polar surface area (TPSA) is 46.2 Å². The lowest BCUT2D eigenvalue weighted by Gasteiger charge is -2.13. The highest BCUT2D eigenvalue weighted by molar-refractivity contribution is 5.55. The lowest BCUT2D eigenvalue weighted by Crippen LogP contribution is -2.14. The zero-order valence-electron chi connectivity index (χ0n) is 10.5. The maximum Gasteiger partial charge on any atom is 0.207 e. The Bertz CT molecular complexity index is 445. The van der Waals surface area contributed by atoms with Crippen LogP contribution < -0.4 is 14.2 Å². The van der Waals surface area contributed by atoms with Gasteiger partial charge in [0.05, 0.1) is 19.6 Å². The van der Waals surface area contributed by atoms with Gasteiger partial charge in [0, 0.05) is 24.8 Å². The summed E-state index contributed by atoms with van der Waals surface area (Å²) in [6.45, 7) is 0.933. The largest absolute Gasteiger partial charge is 0.496 e. The fraction of sp³-hybridized carbons (Fsp3) is 0.538. The van der Waals surface area contributed by atoms with E-state index in [0.717, 1.165) is 30.1 Å². The molecule has 0 unspecified atom stereocenters. The van der Waals surface area contributed by atoms with Crippen LogP contribution in [0.15, 0.2) is 12.1 Å². The molecule has 0 radical (unpaired) electrons. The van der Waals surface area contributed by atoms with Crippen molar-refractivity contribution in [3.8, 4) is 17.2 Å². The number of hydrogen-bond acceptors (Lipinski definition) is 5. The minimum atomic E-state index is -0.183. The summed E-state index contributed by atoms with van der Waals surface area (Å²) in [4.78, 5) is 0. The molecule has 0 bridgehead atoms. The molecule has 0 spiro atoms. The Morgan fingerprint density at radius 1 is 1.33 bits per heavy atom. The van der Waals surface area contributed by atoms with Crippen LogP contribution in [0.2, 0.25) is 0 Å². The van der Waals surface area contributed by atoms with E-state index >= 15 is 0 Å². The molecule has 0 N–H and O–H groups in total. The van der Waals surface area contributed by atoms with Crippen molar-refractivity contribution in [2.45, 2.75) is 18.6 Å². The minimum Gasteiger partial charge on any atom is -0.496 e. The van der Waals surface area contributed by atoms with Crippen molar-refractivity contribution in [2.75, 3.05) is 27.6 Å². The van der Waals surface area contributed by atoms with Gasteiger partial charge in [-0.05, 0) is 6.42 Å². The van der Waals surface area contributed by atoms with Crippen molar-refractivity contribution in [3.05, 3.63) is 17.7 Å². The Hall–Kier alpha value is -1.46. The van der Waals surface area contributed by atoms with Crippen molar-refractivity contribution in [1.82, 2.24) is 0 Å². The van der Waals surface area contributed by atoms with Crippen molar-refractivity contribution in [1.29, 1.82) is 0 Å². The van der Waals surface area contributed by atoms with E-state index in [1.165, 1.54) is 0 Å². The Labute approximate surface area is 106 Å². The van der Waals surface area contributed by atoms with Crippen LogP contribution in [0.4, 0.5) is 0 Å². The summed E-state index contributed by atoms with van der Waals surface area (Å²) in [6, 6.07) is 3.73. The highest BCUT2D eigenvalue weighted by Gasteiger charge is 2.42. The van der Waals surface area contributed by atoms with Crippen LogP contribution in [0.25, 0.3) is 0 Å². The van der Waals surface area contributed by atoms with E-state index in [-0.39, 0.29) is 19.0 Å². The second-order valence-electron chi connectivity index (χ2n) is 4.34. The predicted octanol–water partition coefficient (Wildman–Crippen LogP) is 1.90. The fourth-order valence-corrected chi connectivity index (χ4v) is 2.48. The second kappa shape index (κ2) is 4.66.